The molecule has 4 aliphatic rings. The first-order chi connectivity index (χ1) is 16.7. The van der Waals surface area contributed by atoms with Crippen LogP contribution in [-0.4, -0.2) is 20.2 Å². The molecule has 3 nitrogen and oxygen atoms in total. The summed E-state index contributed by atoms with van der Waals surface area (Å²) in [6.45, 7) is 4.40. The second-order valence-corrected chi connectivity index (χ2v) is 10.7. The van der Waals surface area contributed by atoms with Crippen LogP contribution in [0.2, 0.25) is 5.28 Å². The molecule has 166 valence electrons. The van der Waals surface area contributed by atoms with E-state index in [2.05, 4.69) is 90.6 Å². The fourth-order valence-electron chi connectivity index (χ4n) is 5.65. The van der Waals surface area contributed by atoms with Crippen LogP contribution in [0.5, 0.6) is 0 Å². The highest BCUT2D eigenvalue weighted by Crippen LogP contribution is 2.63. The summed E-state index contributed by atoms with van der Waals surface area (Å²) >= 11 is 8.35. The molecule has 3 atom stereocenters. The number of rotatable bonds is 5. The third-order valence-electron chi connectivity index (χ3n) is 7.28. The fraction of sp³-hybridized carbons (Fsp3) is 0.207. The molecule has 5 heteroatoms. The average Bonchev–Trinajstić information content (AvgIpc) is 3.39. The normalized spacial score (nSPS) is 23.3. The Morgan fingerprint density at radius 1 is 0.941 bits per heavy atom. The lowest BCUT2D eigenvalue weighted by Crippen LogP contribution is -2.18. The van der Waals surface area contributed by atoms with Crippen molar-refractivity contribution in [3.8, 4) is 22.5 Å². The highest BCUT2D eigenvalue weighted by Gasteiger charge is 2.46. The maximum atomic E-state index is 6.45. The Hall–Kier alpha value is -2.95. The second kappa shape index (κ2) is 7.53. The minimum Gasteiger partial charge on any atom is -0.208 e. The molecule has 34 heavy (non-hydrogen) atoms. The van der Waals surface area contributed by atoms with Crippen molar-refractivity contribution in [3.05, 3.63) is 105 Å². The predicted octanol–water partition coefficient (Wildman–Crippen LogP) is 7.59. The van der Waals surface area contributed by atoms with Crippen LogP contribution in [0, 0.1) is 5.92 Å². The lowest BCUT2D eigenvalue weighted by Gasteiger charge is -2.29. The van der Waals surface area contributed by atoms with Gasteiger partial charge in [-0.3, -0.25) is 0 Å². The number of nitrogens with zero attached hydrogens (tertiary/aromatic N) is 3. The number of benzene rings is 2. The maximum absolute atomic E-state index is 6.45. The van der Waals surface area contributed by atoms with Gasteiger partial charge in [0.2, 0.25) is 5.28 Å². The monoisotopic (exact) mass is 479 g/mol. The van der Waals surface area contributed by atoms with Gasteiger partial charge in [0.25, 0.3) is 0 Å². The van der Waals surface area contributed by atoms with Crippen LogP contribution in [0.3, 0.4) is 0 Å². The van der Waals surface area contributed by atoms with E-state index in [1.807, 2.05) is 11.8 Å². The molecule has 0 radical (unpaired) electrons. The van der Waals surface area contributed by atoms with Crippen molar-refractivity contribution in [2.24, 2.45) is 5.92 Å². The van der Waals surface area contributed by atoms with E-state index in [9.17, 15) is 0 Å². The minimum absolute atomic E-state index is 0.253. The maximum Gasteiger partial charge on any atom is 0.226 e. The molecule has 0 bridgehead atoms. The van der Waals surface area contributed by atoms with E-state index in [1.54, 1.807) is 0 Å². The molecule has 2 heterocycles. The van der Waals surface area contributed by atoms with E-state index in [1.165, 1.54) is 38.3 Å². The lowest BCUT2D eigenvalue weighted by molar-refractivity contribution is 0.846. The number of hydrogen-bond donors (Lipinski definition) is 0. The Bertz CT molecular complexity index is 1510. The van der Waals surface area contributed by atoms with Gasteiger partial charge in [-0.1, -0.05) is 74.5 Å². The first kappa shape index (κ1) is 20.4. The van der Waals surface area contributed by atoms with E-state index in [0.29, 0.717) is 22.8 Å². The highest BCUT2D eigenvalue weighted by molar-refractivity contribution is 8.05. The summed E-state index contributed by atoms with van der Waals surface area (Å²) < 4.78 is 0. The van der Waals surface area contributed by atoms with Crippen molar-refractivity contribution in [3.63, 3.8) is 0 Å². The van der Waals surface area contributed by atoms with Crippen molar-refractivity contribution >= 4 is 28.9 Å². The summed E-state index contributed by atoms with van der Waals surface area (Å²) in [4.78, 5) is 15.4. The van der Waals surface area contributed by atoms with Crippen molar-refractivity contribution < 1.29 is 0 Å². The van der Waals surface area contributed by atoms with Gasteiger partial charge < -0.3 is 0 Å². The van der Waals surface area contributed by atoms with Crippen molar-refractivity contribution in [1.82, 2.24) is 15.0 Å². The largest absolute Gasteiger partial charge is 0.226 e. The Morgan fingerprint density at radius 3 is 2.62 bits per heavy atom. The molecular formula is C29H22ClN3S. The van der Waals surface area contributed by atoms with Crippen LogP contribution in [0.4, 0.5) is 0 Å². The van der Waals surface area contributed by atoms with E-state index in [-0.39, 0.29) is 11.2 Å². The Labute approximate surface area is 208 Å². The molecule has 2 aromatic carbocycles. The Balaban J connectivity index is 1.20. The lowest BCUT2D eigenvalue weighted by atomic mass is 9.94. The molecule has 3 aromatic rings. The zero-order valence-electron chi connectivity index (χ0n) is 18.9. The van der Waals surface area contributed by atoms with Gasteiger partial charge in [0.05, 0.1) is 5.25 Å². The van der Waals surface area contributed by atoms with Gasteiger partial charge in [-0.15, -0.1) is 11.8 Å². The molecule has 2 unspecified atom stereocenters. The molecule has 7 rings (SSSR count). The molecule has 1 aromatic heterocycles. The molecule has 1 aliphatic heterocycles. The topological polar surface area (TPSA) is 38.7 Å². The molecule has 0 saturated heterocycles. The van der Waals surface area contributed by atoms with E-state index >= 15 is 0 Å². The first-order valence-electron chi connectivity index (χ1n) is 11.8. The van der Waals surface area contributed by atoms with Crippen LogP contribution in [0.1, 0.15) is 48.7 Å². The Morgan fingerprint density at radius 2 is 1.74 bits per heavy atom. The van der Waals surface area contributed by atoms with Gasteiger partial charge in [-0.25, -0.2) is 4.98 Å². The van der Waals surface area contributed by atoms with Gasteiger partial charge in [0, 0.05) is 27.9 Å². The number of allylic oxidation sites excluding steroid dienone is 5. The summed E-state index contributed by atoms with van der Waals surface area (Å²) in [5.41, 5.74) is 10.6. The smallest absolute Gasteiger partial charge is 0.208 e. The molecule has 0 amide bonds. The van der Waals surface area contributed by atoms with E-state index in [4.69, 9.17) is 16.6 Å². The SMILES string of the molecule is CC/C=C\C=C/C1SC2=C1[C@H](C)C(c1nc(Cl)nc(-c3ccc4c5c3C5c3ccccc3-4)n1)=C2. The number of hydrogen-bond acceptors (Lipinski definition) is 4. The van der Waals surface area contributed by atoms with E-state index in [0.717, 1.165) is 17.6 Å². The predicted molar refractivity (Wildman–Crippen MR) is 141 cm³/mol. The zero-order valence-corrected chi connectivity index (χ0v) is 20.5. The van der Waals surface area contributed by atoms with E-state index < -0.39 is 0 Å². The fourth-order valence-corrected chi connectivity index (χ4v) is 7.16. The molecule has 0 N–H and O–H groups in total. The van der Waals surface area contributed by atoms with Crippen LogP contribution >= 0.6 is 23.4 Å². The van der Waals surface area contributed by atoms with Crippen molar-refractivity contribution in [2.45, 2.75) is 31.4 Å². The van der Waals surface area contributed by atoms with Gasteiger partial charge in [-0.05, 0) is 57.5 Å². The number of aromatic nitrogens is 3. The Kier molecular flexibility index (Phi) is 4.52. The highest BCUT2D eigenvalue weighted by atomic mass is 35.5. The average molecular weight is 480 g/mol. The van der Waals surface area contributed by atoms with Crippen LogP contribution in [-0.2, 0) is 0 Å². The molecule has 3 aliphatic carbocycles. The molecule has 0 saturated carbocycles. The van der Waals surface area contributed by atoms with Crippen molar-refractivity contribution in [1.29, 1.82) is 0 Å². The number of fused-ring (bicyclic) bond motifs is 4. The standard InChI is InChI=1S/C29H22ClN3S/c1-3-4-5-6-11-21-23-15(2)20(14-22(23)34-21)28-31-27(32-29(30)33-28)19-13-12-18-16-9-7-8-10-17(16)24-25(18)26(19)24/h4-15,21,24H,3H2,1-2H3/b5-4-,11-6-/t15-,21?,24?/m1/s1. The summed E-state index contributed by atoms with van der Waals surface area (Å²) in [6.07, 6.45) is 12.0. The van der Waals surface area contributed by atoms with Crippen LogP contribution < -0.4 is 0 Å². The number of thioether (sulfide) groups is 1. The molecule has 0 fully saturated rings. The zero-order chi connectivity index (χ0) is 23.0. The third kappa shape index (κ3) is 2.88. The van der Waals surface area contributed by atoms with Crippen molar-refractivity contribution in [2.75, 3.05) is 0 Å². The summed E-state index contributed by atoms with van der Waals surface area (Å²) in [5, 5.41) is 0.670. The summed E-state index contributed by atoms with van der Waals surface area (Å²) in [7, 11) is 0. The number of halogens is 1. The summed E-state index contributed by atoms with van der Waals surface area (Å²) in [6, 6.07) is 13.0. The molecular weight excluding hydrogens is 458 g/mol. The van der Waals surface area contributed by atoms with Gasteiger partial charge in [0.1, 0.15) is 0 Å². The second-order valence-electron chi connectivity index (χ2n) is 9.16. The first-order valence-corrected chi connectivity index (χ1v) is 13.1. The van der Waals surface area contributed by atoms with Crippen LogP contribution in [0.15, 0.2) is 77.3 Å². The molecule has 0 spiro atoms. The van der Waals surface area contributed by atoms with Gasteiger partial charge in [0.15, 0.2) is 11.6 Å². The minimum atomic E-state index is 0.253. The van der Waals surface area contributed by atoms with Crippen LogP contribution in [0.25, 0.3) is 28.1 Å². The van der Waals surface area contributed by atoms with Gasteiger partial charge in [-0.2, -0.15) is 9.97 Å². The quantitative estimate of drug-likeness (QED) is 0.243. The summed E-state index contributed by atoms with van der Waals surface area (Å²) in [5.74, 6) is 2.02. The van der Waals surface area contributed by atoms with Gasteiger partial charge >= 0.3 is 0 Å². The third-order valence-corrected chi connectivity index (χ3v) is 8.73.